The molecular weight excluding hydrogens is 400 g/mol. The number of hydrogen-bond acceptors (Lipinski definition) is 6. The molecule has 3 rings (SSSR count). The lowest BCUT2D eigenvalue weighted by Crippen LogP contribution is -2.56. The molecule has 0 aromatic heterocycles. The Bertz CT molecular complexity index is 911. The van der Waals surface area contributed by atoms with E-state index in [1.807, 2.05) is 35.2 Å². The second kappa shape index (κ2) is 10.0. The summed E-state index contributed by atoms with van der Waals surface area (Å²) >= 11 is 0. The van der Waals surface area contributed by atoms with Gasteiger partial charge in [-0.15, -0.1) is 0 Å². The van der Waals surface area contributed by atoms with Crippen LogP contribution in [-0.4, -0.2) is 65.6 Å². The molecule has 164 valence electrons. The number of nitro benzene ring substituents is 1. The number of nitrogens with zero attached hydrogens (tertiary/aromatic N) is 3. The van der Waals surface area contributed by atoms with E-state index in [1.165, 1.54) is 12.1 Å². The van der Waals surface area contributed by atoms with Crippen LogP contribution in [0.25, 0.3) is 0 Å². The van der Waals surface area contributed by atoms with E-state index in [0.717, 1.165) is 11.3 Å². The van der Waals surface area contributed by atoms with Crippen LogP contribution in [0.4, 0.5) is 11.4 Å². The van der Waals surface area contributed by atoms with Gasteiger partial charge in [-0.1, -0.05) is 30.3 Å². The largest absolute Gasteiger partial charge is 0.394 e. The van der Waals surface area contributed by atoms with Gasteiger partial charge in [0.05, 0.1) is 17.4 Å². The molecule has 0 bridgehead atoms. The number of carbonyl (C=O) groups excluding carboxylic acids is 2. The third kappa shape index (κ3) is 5.37. The number of amides is 2. The normalized spacial score (nSPS) is 15.8. The van der Waals surface area contributed by atoms with Crippen LogP contribution in [0.2, 0.25) is 0 Å². The Hall–Kier alpha value is -3.46. The first kappa shape index (κ1) is 22.2. The van der Waals surface area contributed by atoms with Gasteiger partial charge in [-0.05, 0) is 24.6 Å². The van der Waals surface area contributed by atoms with E-state index >= 15 is 0 Å². The average Bonchev–Trinajstić information content (AvgIpc) is 2.82. The minimum Gasteiger partial charge on any atom is -0.394 e. The van der Waals surface area contributed by atoms with Crippen LogP contribution in [0.3, 0.4) is 0 Å². The van der Waals surface area contributed by atoms with Crippen molar-refractivity contribution in [2.75, 3.05) is 37.7 Å². The van der Waals surface area contributed by atoms with E-state index in [-0.39, 0.29) is 17.5 Å². The monoisotopic (exact) mass is 426 g/mol. The Morgan fingerprint density at radius 2 is 1.68 bits per heavy atom. The molecule has 1 aliphatic rings. The van der Waals surface area contributed by atoms with Gasteiger partial charge in [-0.2, -0.15) is 0 Å². The molecule has 9 heteroatoms. The minimum atomic E-state index is -0.996. The smallest absolute Gasteiger partial charge is 0.269 e. The van der Waals surface area contributed by atoms with Crippen LogP contribution in [0, 0.1) is 10.1 Å². The maximum Gasteiger partial charge on any atom is 0.269 e. The topological polar surface area (TPSA) is 116 Å². The molecule has 1 heterocycles. The van der Waals surface area contributed by atoms with E-state index in [0.29, 0.717) is 26.2 Å². The van der Waals surface area contributed by atoms with Crippen LogP contribution in [-0.2, 0) is 9.59 Å². The quantitative estimate of drug-likeness (QED) is 0.512. The highest BCUT2D eigenvalue weighted by molar-refractivity contribution is 5.90. The molecule has 2 aromatic rings. The number of hydrogen-bond donors (Lipinski definition) is 2. The number of aliphatic hydroxyl groups is 1. The molecule has 1 fully saturated rings. The van der Waals surface area contributed by atoms with Crippen molar-refractivity contribution in [1.29, 1.82) is 0 Å². The molecule has 1 unspecified atom stereocenters. The van der Waals surface area contributed by atoms with Crippen LogP contribution in [0.5, 0.6) is 0 Å². The molecule has 31 heavy (non-hydrogen) atoms. The standard InChI is InChI=1S/C22H26N4O5/c1-16(17-5-3-2-4-6-17)21(28)23-20(15-27)22(29)25-13-11-24(12-14-25)18-7-9-19(10-8-18)26(30)31/h2-10,16,20,27H,11-15H2,1H3,(H,23,28)/t16?,20-/m0/s1. The molecule has 0 aliphatic carbocycles. The molecule has 2 atom stereocenters. The van der Waals surface area contributed by atoms with Crippen LogP contribution < -0.4 is 10.2 Å². The predicted octanol–water partition coefficient (Wildman–Crippen LogP) is 1.52. The highest BCUT2D eigenvalue weighted by atomic mass is 16.6. The van der Waals surface area contributed by atoms with Gasteiger partial charge < -0.3 is 20.2 Å². The number of benzene rings is 2. The summed E-state index contributed by atoms with van der Waals surface area (Å²) < 4.78 is 0. The Balaban J connectivity index is 1.55. The Labute approximate surface area is 180 Å². The highest BCUT2D eigenvalue weighted by Crippen LogP contribution is 2.21. The zero-order chi connectivity index (χ0) is 22.4. The molecule has 2 amide bonds. The van der Waals surface area contributed by atoms with Gasteiger partial charge in [0, 0.05) is 44.0 Å². The fourth-order valence-corrected chi connectivity index (χ4v) is 3.57. The van der Waals surface area contributed by atoms with Gasteiger partial charge in [0.2, 0.25) is 11.8 Å². The third-order valence-corrected chi connectivity index (χ3v) is 5.51. The first-order valence-corrected chi connectivity index (χ1v) is 10.1. The average molecular weight is 426 g/mol. The second-order valence-corrected chi connectivity index (χ2v) is 7.46. The van der Waals surface area contributed by atoms with Crippen molar-refractivity contribution in [3.63, 3.8) is 0 Å². The lowest BCUT2D eigenvalue weighted by Gasteiger charge is -2.37. The lowest BCUT2D eigenvalue weighted by molar-refractivity contribution is -0.384. The van der Waals surface area contributed by atoms with Gasteiger partial charge in [0.25, 0.3) is 5.69 Å². The fraction of sp³-hybridized carbons (Fsp3) is 0.364. The van der Waals surface area contributed by atoms with E-state index < -0.39 is 23.5 Å². The van der Waals surface area contributed by atoms with Crippen LogP contribution >= 0.6 is 0 Å². The summed E-state index contributed by atoms with van der Waals surface area (Å²) in [5.74, 6) is -1.08. The van der Waals surface area contributed by atoms with E-state index in [2.05, 4.69) is 5.32 Å². The van der Waals surface area contributed by atoms with E-state index in [1.54, 1.807) is 24.0 Å². The number of aliphatic hydroxyl groups excluding tert-OH is 1. The van der Waals surface area contributed by atoms with Gasteiger partial charge in [-0.3, -0.25) is 19.7 Å². The van der Waals surface area contributed by atoms with Crippen molar-refractivity contribution < 1.29 is 19.6 Å². The molecule has 1 aliphatic heterocycles. The number of piperazine rings is 1. The van der Waals surface area contributed by atoms with Gasteiger partial charge in [-0.25, -0.2) is 0 Å². The summed E-state index contributed by atoms with van der Waals surface area (Å²) in [7, 11) is 0. The van der Waals surface area contributed by atoms with Crippen molar-refractivity contribution in [2.24, 2.45) is 0 Å². The highest BCUT2D eigenvalue weighted by Gasteiger charge is 2.29. The zero-order valence-electron chi connectivity index (χ0n) is 17.3. The molecule has 2 N–H and O–H groups in total. The van der Waals surface area contributed by atoms with E-state index in [9.17, 15) is 24.8 Å². The van der Waals surface area contributed by atoms with Crippen LogP contribution in [0.15, 0.2) is 54.6 Å². The summed E-state index contributed by atoms with van der Waals surface area (Å²) in [5, 5.41) is 23.2. The summed E-state index contributed by atoms with van der Waals surface area (Å²) in [5.41, 5.74) is 1.71. The van der Waals surface area contributed by atoms with Gasteiger partial charge in [0.15, 0.2) is 0 Å². The number of anilines is 1. The first-order chi connectivity index (χ1) is 14.9. The van der Waals surface area contributed by atoms with Gasteiger partial charge >= 0.3 is 0 Å². The Kier molecular flexibility index (Phi) is 7.19. The van der Waals surface area contributed by atoms with Gasteiger partial charge in [0.1, 0.15) is 6.04 Å². The maximum atomic E-state index is 12.8. The Morgan fingerprint density at radius 1 is 1.06 bits per heavy atom. The summed E-state index contributed by atoms with van der Waals surface area (Å²) in [6.07, 6.45) is 0. The molecule has 1 saturated heterocycles. The second-order valence-electron chi connectivity index (χ2n) is 7.46. The first-order valence-electron chi connectivity index (χ1n) is 10.1. The van der Waals surface area contributed by atoms with Crippen molar-refractivity contribution in [1.82, 2.24) is 10.2 Å². The predicted molar refractivity (Wildman–Crippen MR) is 116 cm³/mol. The van der Waals surface area contributed by atoms with Crippen molar-refractivity contribution in [3.05, 3.63) is 70.3 Å². The summed E-state index contributed by atoms with van der Waals surface area (Å²) in [6.45, 7) is 3.24. The van der Waals surface area contributed by atoms with Crippen molar-refractivity contribution in [2.45, 2.75) is 18.9 Å². The van der Waals surface area contributed by atoms with Crippen molar-refractivity contribution >= 4 is 23.2 Å². The zero-order valence-corrected chi connectivity index (χ0v) is 17.3. The molecule has 0 spiro atoms. The Morgan fingerprint density at radius 3 is 2.23 bits per heavy atom. The SMILES string of the molecule is CC(C(=O)N[C@@H](CO)C(=O)N1CCN(c2ccc([N+](=O)[O-])cc2)CC1)c1ccccc1. The minimum absolute atomic E-state index is 0.0313. The number of rotatable bonds is 7. The summed E-state index contributed by atoms with van der Waals surface area (Å²) in [6, 6.07) is 14.5. The van der Waals surface area contributed by atoms with E-state index in [4.69, 9.17) is 0 Å². The number of nitrogens with one attached hydrogen (secondary N) is 1. The van der Waals surface area contributed by atoms with Crippen molar-refractivity contribution in [3.8, 4) is 0 Å². The molecule has 9 nitrogen and oxygen atoms in total. The molecular formula is C22H26N4O5. The lowest BCUT2D eigenvalue weighted by atomic mass is 10.00. The van der Waals surface area contributed by atoms with Crippen LogP contribution in [0.1, 0.15) is 18.4 Å². The molecule has 0 radical (unpaired) electrons. The third-order valence-electron chi connectivity index (χ3n) is 5.51. The molecule has 0 saturated carbocycles. The summed E-state index contributed by atoms with van der Waals surface area (Å²) in [4.78, 5) is 39.4. The number of non-ortho nitro benzene ring substituents is 1. The number of nitro groups is 1. The maximum absolute atomic E-state index is 12.8. The number of carbonyl (C=O) groups is 2. The molecule has 2 aromatic carbocycles. The fourth-order valence-electron chi connectivity index (χ4n) is 3.57.